The Morgan fingerprint density at radius 2 is 1.94 bits per heavy atom. The van der Waals surface area contributed by atoms with E-state index in [1.165, 1.54) is 18.2 Å². The molecule has 3 rings (SSSR count). The van der Waals surface area contributed by atoms with E-state index in [-0.39, 0.29) is 0 Å². The van der Waals surface area contributed by atoms with Gasteiger partial charge in [-0.3, -0.25) is 0 Å². The Morgan fingerprint density at radius 3 is 2.75 bits per heavy atom. The van der Waals surface area contributed by atoms with Gasteiger partial charge in [0.25, 0.3) is 0 Å². The van der Waals surface area contributed by atoms with Crippen molar-refractivity contribution in [3.8, 4) is 5.75 Å². The fourth-order valence-corrected chi connectivity index (χ4v) is 2.04. The Labute approximate surface area is 94.9 Å². The number of benzene rings is 2. The van der Waals surface area contributed by atoms with E-state index in [9.17, 15) is 5.11 Å². The molecule has 2 aromatic carbocycles. The van der Waals surface area contributed by atoms with Crippen molar-refractivity contribution in [2.75, 3.05) is 0 Å². The van der Waals surface area contributed by atoms with Gasteiger partial charge in [0.1, 0.15) is 5.75 Å². The van der Waals surface area contributed by atoms with Crippen LogP contribution in [-0.2, 0) is 6.54 Å². The van der Waals surface area contributed by atoms with Crippen molar-refractivity contribution in [1.82, 2.24) is 5.32 Å². The van der Waals surface area contributed by atoms with Crippen LogP contribution in [-0.4, -0.2) is 11.1 Å². The zero-order valence-corrected chi connectivity index (χ0v) is 9.11. The standard InChI is InChI=1S/C14H15NO/c16-14-8-5-10-3-1-2-4-12(10)13(14)9-15-11-6-7-11/h1-5,8,11,15-16H,6-7,9H2. The Kier molecular flexibility index (Phi) is 2.29. The molecule has 2 nitrogen and oxygen atoms in total. The van der Waals surface area contributed by atoms with Gasteiger partial charge in [-0.1, -0.05) is 30.3 Å². The lowest BCUT2D eigenvalue weighted by Gasteiger charge is -2.09. The highest BCUT2D eigenvalue weighted by Gasteiger charge is 2.20. The van der Waals surface area contributed by atoms with Gasteiger partial charge in [-0.2, -0.15) is 0 Å². The third kappa shape index (κ3) is 1.76. The Bertz CT molecular complexity index is 517. The van der Waals surface area contributed by atoms with Crippen molar-refractivity contribution in [2.24, 2.45) is 0 Å². The minimum absolute atomic E-state index is 0.395. The number of fused-ring (bicyclic) bond motifs is 1. The zero-order chi connectivity index (χ0) is 11.0. The molecule has 0 amide bonds. The van der Waals surface area contributed by atoms with E-state index in [0.29, 0.717) is 11.8 Å². The molecular weight excluding hydrogens is 198 g/mol. The molecule has 0 saturated heterocycles. The van der Waals surface area contributed by atoms with E-state index in [1.807, 2.05) is 18.2 Å². The van der Waals surface area contributed by atoms with Crippen LogP contribution in [0.5, 0.6) is 5.75 Å². The number of phenols is 1. The SMILES string of the molecule is Oc1ccc2ccccc2c1CNC1CC1. The lowest BCUT2D eigenvalue weighted by Crippen LogP contribution is -2.15. The molecule has 1 saturated carbocycles. The number of rotatable bonds is 3. The molecule has 0 atom stereocenters. The molecule has 16 heavy (non-hydrogen) atoms. The molecule has 2 aromatic rings. The van der Waals surface area contributed by atoms with Crippen LogP contribution in [0.2, 0.25) is 0 Å². The molecule has 1 aliphatic rings. The van der Waals surface area contributed by atoms with E-state index in [0.717, 1.165) is 17.5 Å². The third-order valence-electron chi connectivity index (χ3n) is 3.16. The number of hydrogen-bond donors (Lipinski definition) is 2. The minimum Gasteiger partial charge on any atom is -0.508 e. The second-order valence-corrected chi connectivity index (χ2v) is 4.44. The second kappa shape index (κ2) is 3.80. The Hall–Kier alpha value is -1.54. The quantitative estimate of drug-likeness (QED) is 0.821. The van der Waals surface area contributed by atoms with Gasteiger partial charge in [-0.15, -0.1) is 0 Å². The molecule has 0 heterocycles. The molecule has 0 spiro atoms. The van der Waals surface area contributed by atoms with Crippen LogP contribution in [0, 0.1) is 0 Å². The van der Waals surface area contributed by atoms with Crippen LogP contribution < -0.4 is 5.32 Å². The van der Waals surface area contributed by atoms with Crippen LogP contribution in [0.3, 0.4) is 0 Å². The molecule has 0 unspecified atom stereocenters. The molecule has 0 bridgehead atoms. The van der Waals surface area contributed by atoms with Gasteiger partial charge in [0.05, 0.1) is 0 Å². The van der Waals surface area contributed by atoms with Gasteiger partial charge >= 0.3 is 0 Å². The monoisotopic (exact) mass is 213 g/mol. The summed E-state index contributed by atoms with van der Waals surface area (Å²) >= 11 is 0. The van der Waals surface area contributed by atoms with Crippen molar-refractivity contribution in [2.45, 2.75) is 25.4 Å². The molecule has 0 aliphatic heterocycles. The van der Waals surface area contributed by atoms with Crippen LogP contribution in [0.4, 0.5) is 0 Å². The van der Waals surface area contributed by atoms with Crippen molar-refractivity contribution < 1.29 is 5.11 Å². The topological polar surface area (TPSA) is 32.3 Å². The van der Waals surface area contributed by atoms with Crippen LogP contribution in [0.25, 0.3) is 10.8 Å². The van der Waals surface area contributed by atoms with Gasteiger partial charge in [0.15, 0.2) is 0 Å². The summed E-state index contributed by atoms with van der Waals surface area (Å²) in [7, 11) is 0. The minimum atomic E-state index is 0.395. The predicted octanol–water partition coefficient (Wildman–Crippen LogP) is 2.80. The van der Waals surface area contributed by atoms with E-state index < -0.39 is 0 Å². The first kappa shape index (κ1) is 9.67. The molecule has 0 aromatic heterocycles. The van der Waals surface area contributed by atoms with Gasteiger partial charge < -0.3 is 10.4 Å². The van der Waals surface area contributed by atoms with Gasteiger partial charge in [-0.25, -0.2) is 0 Å². The van der Waals surface area contributed by atoms with Crippen molar-refractivity contribution in [3.05, 3.63) is 42.0 Å². The predicted molar refractivity (Wildman–Crippen MR) is 65.5 cm³/mol. The highest BCUT2D eigenvalue weighted by molar-refractivity contribution is 5.87. The Balaban J connectivity index is 2.01. The molecule has 2 N–H and O–H groups in total. The summed E-state index contributed by atoms with van der Waals surface area (Å²) in [5, 5.41) is 15.7. The maximum atomic E-state index is 9.90. The summed E-state index contributed by atoms with van der Waals surface area (Å²) in [6, 6.07) is 12.6. The van der Waals surface area contributed by atoms with E-state index >= 15 is 0 Å². The second-order valence-electron chi connectivity index (χ2n) is 4.44. The van der Waals surface area contributed by atoms with E-state index in [1.54, 1.807) is 6.07 Å². The van der Waals surface area contributed by atoms with Gasteiger partial charge in [-0.05, 0) is 29.7 Å². The number of hydrogen-bond acceptors (Lipinski definition) is 2. The highest BCUT2D eigenvalue weighted by atomic mass is 16.3. The van der Waals surface area contributed by atoms with Crippen molar-refractivity contribution in [1.29, 1.82) is 0 Å². The third-order valence-corrected chi connectivity index (χ3v) is 3.16. The lowest BCUT2D eigenvalue weighted by atomic mass is 10.0. The smallest absolute Gasteiger partial charge is 0.120 e. The fourth-order valence-electron chi connectivity index (χ4n) is 2.04. The number of phenolic OH excluding ortho intramolecular Hbond substituents is 1. The maximum absolute atomic E-state index is 9.90. The van der Waals surface area contributed by atoms with E-state index in [2.05, 4.69) is 17.4 Å². The molecule has 0 radical (unpaired) electrons. The number of aromatic hydroxyl groups is 1. The number of nitrogens with one attached hydrogen (secondary N) is 1. The van der Waals surface area contributed by atoms with Gasteiger partial charge in [0, 0.05) is 18.2 Å². The molecule has 1 fully saturated rings. The first-order chi connectivity index (χ1) is 7.84. The van der Waals surface area contributed by atoms with Gasteiger partial charge in [0.2, 0.25) is 0 Å². The maximum Gasteiger partial charge on any atom is 0.120 e. The van der Waals surface area contributed by atoms with Crippen LogP contribution in [0.1, 0.15) is 18.4 Å². The average molecular weight is 213 g/mol. The van der Waals surface area contributed by atoms with Crippen LogP contribution in [0.15, 0.2) is 36.4 Å². The molecule has 1 aliphatic carbocycles. The summed E-state index contributed by atoms with van der Waals surface area (Å²) in [6.07, 6.45) is 2.54. The Morgan fingerprint density at radius 1 is 1.12 bits per heavy atom. The average Bonchev–Trinajstić information content (AvgIpc) is 3.12. The summed E-state index contributed by atoms with van der Waals surface area (Å²) in [5.41, 5.74) is 1.02. The molecular formula is C14H15NO. The molecule has 2 heteroatoms. The molecule has 82 valence electrons. The normalized spacial score (nSPS) is 15.5. The van der Waals surface area contributed by atoms with Crippen molar-refractivity contribution in [3.63, 3.8) is 0 Å². The zero-order valence-electron chi connectivity index (χ0n) is 9.11. The van der Waals surface area contributed by atoms with E-state index in [4.69, 9.17) is 0 Å². The summed E-state index contributed by atoms with van der Waals surface area (Å²) in [5.74, 6) is 0.395. The summed E-state index contributed by atoms with van der Waals surface area (Å²) in [4.78, 5) is 0. The van der Waals surface area contributed by atoms with Crippen molar-refractivity contribution >= 4 is 10.8 Å². The summed E-state index contributed by atoms with van der Waals surface area (Å²) in [6.45, 7) is 0.762. The van der Waals surface area contributed by atoms with Crippen LogP contribution >= 0.6 is 0 Å². The summed E-state index contributed by atoms with van der Waals surface area (Å²) < 4.78 is 0. The highest BCUT2D eigenvalue weighted by Crippen LogP contribution is 2.28. The lowest BCUT2D eigenvalue weighted by molar-refractivity contribution is 0.466. The first-order valence-corrected chi connectivity index (χ1v) is 5.77. The largest absolute Gasteiger partial charge is 0.508 e. The fraction of sp³-hybridized carbons (Fsp3) is 0.286. The first-order valence-electron chi connectivity index (χ1n) is 5.77.